The van der Waals surface area contributed by atoms with Crippen molar-refractivity contribution in [3.8, 4) is 0 Å². The van der Waals surface area contributed by atoms with Crippen LogP contribution in [-0.2, 0) is 4.79 Å². The van der Waals surface area contributed by atoms with Crippen LogP contribution in [-0.4, -0.2) is 31.5 Å². The van der Waals surface area contributed by atoms with Gasteiger partial charge in [0.05, 0.1) is 12.0 Å². The lowest BCUT2D eigenvalue weighted by Gasteiger charge is -2.22. The molecule has 0 fully saturated rings. The van der Waals surface area contributed by atoms with Crippen molar-refractivity contribution in [2.75, 3.05) is 19.6 Å². The van der Waals surface area contributed by atoms with Crippen LogP contribution in [0, 0.1) is 5.41 Å². The van der Waals surface area contributed by atoms with Crippen LogP contribution in [0.25, 0.3) is 0 Å². The molecule has 0 saturated heterocycles. The predicted molar refractivity (Wildman–Crippen MR) is 112 cm³/mol. The van der Waals surface area contributed by atoms with Crippen molar-refractivity contribution in [2.45, 2.75) is 26.7 Å². The second-order valence-corrected chi connectivity index (χ2v) is 7.20. The van der Waals surface area contributed by atoms with Gasteiger partial charge in [0.1, 0.15) is 0 Å². The maximum absolute atomic E-state index is 11.5. The quantitative estimate of drug-likeness (QED) is 0.496. The highest BCUT2D eigenvalue weighted by molar-refractivity contribution is 5.82. The number of carbonyl (C=O) groups is 1. The maximum atomic E-state index is 11.5. The summed E-state index contributed by atoms with van der Waals surface area (Å²) in [6.07, 6.45) is 0. The number of guanidine groups is 1. The molecule has 0 aliphatic rings. The van der Waals surface area contributed by atoms with Gasteiger partial charge in [0.2, 0.25) is 5.91 Å². The molecular formula is C22H30N4O. The fraction of sp³-hybridized carbons (Fsp3) is 0.364. The van der Waals surface area contributed by atoms with E-state index in [0.717, 1.165) is 6.54 Å². The Balaban J connectivity index is 2.17. The third-order valence-electron chi connectivity index (χ3n) is 4.52. The highest BCUT2D eigenvalue weighted by Gasteiger charge is 2.24. The van der Waals surface area contributed by atoms with E-state index in [1.54, 1.807) is 13.8 Å². The minimum absolute atomic E-state index is 0.195. The minimum atomic E-state index is -0.680. The average molecular weight is 367 g/mol. The van der Waals surface area contributed by atoms with Crippen molar-refractivity contribution in [2.24, 2.45) is 16.1 Å². The Kier molecular flexibility index (Phi) is 7.41. The van der Waals surface area contributed by atoms with Gasteiger partial charge in [-0.15, -0.1) is 0 Å². The van der Waals surface area contributed by atoms with Crippen LogP contribution in [0.1, 0.15) is 37.8 Å². The van der Waals surface area contributed by atoms with E-state index in [-0.39, 0.29) is 11.8 Å². The number of nitrogens with one attached hydrogen (secondary N) is 2. The zero-order valence-corrected chi connectivity index (χ0v) is 16.4. The summed E-state index contributed by atoms with van der Waals surface area (Å²) in [4.78, 5) is 16.1. The summed E-state index contributed by atoms with van der Waals surface area (Å²) in [5, 5.41) is 6.66. The van der Waals surface area contributed by atoms with Gasteiger partial charge < -0.3 is 16.4 Å². The number of nitrogens with two attached hydrogens (primary N) is 1. The van der Waals surface area contributed by atoms with Crippen LogP contribution >= 0.6 is 0 Å². The third-order valence-corrected chi connectivity index (χ3v) is 4.52. The molecule has 0 aliphatic carbocycles. The summed E-state index contributed by atoms with van der Waals surface area (Å²) in [7, 11) is 0. The Morgan fingerprint density at radius 3 is 1.96 bits per heavy atom. The maximum Gasteiger partial charge on any atom is 0.224 e. The Hall–Kier alpha value is -2.82. The van der Waals surface area contributed by atoms with E-state index in [1.807, 2.05) is 19.1 Å². The highest BCUT2D eigenvalue weighted by atomic mass is 16.1. The van der Waals surface area contributed by atoms with Crippen molar-refractivity contribution in [3.05, 3.63) is 71.8 Å². The highest BCUT2D eigenvalue weighted by Crippen LogP contribution is 2.23. The molecule has 0 spiro atoms. The van der Waals surface area contributed by atoms with Crippen molar-refractivity contribution in [3.63, 3.8) is 0 Å². The van der Waals surface area contributed by atoms with Gasteiger partial charge >= 0.3 is 0 Å². The molecule has 5 nitrogen and oxygen atoms in total. The molecule has 0 atom stereocenters. The van der Waals surface area contributed by atoms with Gasteiger partial charge in [-0.2, -0.15) is 0 Å². The molecule has 2 aromatic carbocycles. The zero-order chi connectivity index (χ0) is 19.7. The molecule has 0 aliphatic heterocycles. The van der Waals surface area contributed by atoms with Gasteiger partial charge in [-0.25, -0.2) is 0 Å². The number of hydrogen-bond acceptors (Lipinski definition) is 2. The van der Waals surface area contributed by atoms with E-state index < -0.39 is 5.41 Å². The van der Waals surface area contributed by atoms with E-state index in [2.05, 4.69) is 64.2 Å². The molecule has 27 heavy (non-hydrogen) atoms. The Morgan fingerprint density at radius 1 is 1.00 bits per heavy atom. The molecule has 0 radical (unpaired) electrons. The largest absolute Gasteiger partial charge is 0.369 e. The summed E-state index contributed by atoms with van der Waals surface area (Å²) < 4.78 is 0. The van der Waals surface area contributed by atoms with Crippen LogP contribution in [0.2, 0.25) is 0 Å². The van der Waals surface area contributed by atoms with E-state index >= 15 is 0 Å². The Morgan fingerprint density at radius 2 is 1.52 bits per heavy atom. The molecule has 0 unspecified atom stereocenters. The van der Waals surface area contributed by atoms with Crippen LogP contribution in [0.3, 0.4) is 0 Å². The zero-order valence-electron chi connectivity index (χ0n) is 16.4. The first-order chi connectivity index (χ1) is 12.9. The average Bonchev–Trinajstić information content (AvgIpc) is 2.68. The van der Waals surface area contributed by atoms with Crippen molar-refractivity contribution in [1.29, 1.82) is 0 Å². The number of benzene rings is 2. The number of carbonyl (C=O) groups excluding carboxylic acids is 1. The van der Waals surface area contributed by atoms with E-state index in [1.165, 1.54) is 11.1 Å². The summed E-state index contributed by atoms with van der Waals surface area (Å²) in [5.41, 5.74) is 7.26. The molecule has 4 N–H and O–H groups in total. The van der Waals surface area contributed by atoms with Crippen LogP contribution < -0.4 is 16.4 Å². The van der Waals surface area contributed by atoms with Crippen LogP contribution in [0.5, 0.6) is 0 Å². The number of nitrogens with zero attached hydrogens (tertiary/aromatic N) is 1. The minimum Gasteiger partial charge on any atom is -0.369 e. The lowest BCUT2D eigenvalue weighted by molar-refractivity contribution is -0.125. The molecule has 2 rings (SSSR count). The molecule has 144 valence electrons. The predicted octanol–water partition coefficient (Wildman–Crippen LogP) is 2.89. The van der Waals surface area contributed by atoms with Gasteiger partial charge in [-0.3, -0.25) is 9.79 Å². The lowest BCUT2D eigenvalue weighted by atomic mass is 9.91. The normalized spacial score (nSPS) is 12.1. The first kappa shape index (κ1) is 20.5. The third kappa shape index (κ3) is 6.13. The van der Waals surface area contributed by atoms with Gasteiger partial charge in [0.25, 0.3) is 0 Å². The molecule has 2 aromatic rings. The topological polar surface area (TPSA) is 79.5 Å². The summed E-state index contributed by atoms with van der Waals surface area (Å²) in [6.45, 7) is 7.39. The van der Waals surface area contributed by atoms with Crippen molar-refractivity contribution >= 4 is 11.9 Å². The van der Waals surface area contributed by atoms with Gasteiger partial charge in [0.15, 0.2) is 5.96 Å². The summed E-state index contributed by atoms with van der Waals surface area (Å²) >= 11 is 0. The lowest BCUT2D eigenvalue weighted by Crippen LogP contribution is -2.41. The SMILES string of the molecule is CCNC(=NCC(C)(C)C(N)=O)NCC(c1ccccc1)c1ccccc1. The number of aliphatic imine (C=N–C) groups is 1. The second-order valence-electron chi connectivity index (χ2n) is 7.20. The van der Waals surface area contributed by atoms with Gasteiger partial charge in [0, 0.05) is 19.0 Å². The number of hydrogen-bond donors (Lipinski definition) is 3. The van der Waals surface area contributed by atoms with E-state index in [0.29, 0.717) is 19.0 Å². The monoisotopic (exact) mass is 366 g/mol. The molecule has 0 aromatic heterocycles. The molecule has 1 amide bonds. The number of amides is 1. The number of primary amides is 1. The second kappa shape index (κ2) is 9.76. The number of rotatable bonds is 8. The smallest absolute Gasteiger partial charge is 0.224 e. The molecule has 5 heteroatoms. The fourth-order valence-corrected chi connectivity index (χ4v) is 2.69. The van der Waals surface area contributed by atoms with Crippen molar-refractivity contribution in [1.82, 2.24) is 10.6 Å². The van der Waals surface area contributed by atoms with E-state index in [9.17, 15) is 4.79 Å². The molecule has 0 heterocycles. The van der Waals surface area contributed by atoms with Gasteiger partial charge in [-0.1, -0.05) is 60.7 Å². The fourth-order valence-electron chi connectivity index (χ4n) is 2.69. The Labute approximate surface area is 162 Å². The molecule has 0 bridgehead atoms. The summed E-state index contributed by atoms with van der Waals surface area (Å²) in [6, 6.07) is 20.8. The molecule has 0 saturated carbocycles. The molecular weight excluding hydrogens is 336 g/mol. The van der Waals surface area contributed by atoms with Crippen LogP contribution in [0.15, 0.2) is 65.7 Å². The first-order valence-electron chi connectivity index (χ1n) is 9.36. The van der Waals surface area contributed by atoms with Gasteiger partial charge in [-0.05, 0) is 31.9 Å². The van der Waals surface area contributed by atoms with E-state index in [4.69, 9.17) is 5.73 Å². The summed E-state index contributed by atoms with van der Waals surface area (Å²) in [5.74, 6) is 0.526. The first-order valence-corrected chi connectivity index (χ1v) is 9.36. The standard InChI is InChI=1S/C22H30N4O/c1-4-24-21(26-16-22(2,3)20(23)27)25-15-19(17-11-7-5-8-12-17)18-13-9-6-10-14-18/h5-14,19H,4,15-16H2,1-3H3,(H2,23,27)(H2,24,25,26). The van der Waals surface area contributed by atoms with Crippen LogP contribution in [0.4, 0.5) is 0 Å². The van der Waals surface area contributed by atoms with Crippen molar-refractivity contribution < 1.29 is 4.79 Å². The Bertz CT molecular complexity index is 702.